The number of halogens is 1. The van der Waals surface area contributed by atoms with Crippen molar-refractivity contribution in [1.82, 2.24) is 0 Å². The second kappa shape index (κ2) is 6.88. The Morgan fingerprint density at radius 2 is 1.65 bits per heavy atom. The molecule has 0 atom stereocenters. The van der Waals surface area contributed by atoms with Gasteiger partial charge in [-0.05, 0) is 59.5 Å². The van der Waals surface area contributed by atoms with Gasteiger partial charge in [-0.15, -0.1) is 0 Å². The van der Waals surface area contributed by atoms with E-state index in [9.17, 15) is 4.39 Å². The molecule has 0 aliphatic heterocycles. The third-order valence-corrected chi connectivity index (χ3v) is 3.56. The Balaban J connectivity index is 1.78. The van der Waals surface area contributed by atoms with Crippen molar-refractivity contribution in [1.29, 1.82) is 0 Å². The number of para-hydroxylation sites is 1. The lowest BCUT2D eigenvalue weighted by molar-refractivity contribution is 0.619. The molecular formula is C20H17FN2. The summed E-state index contributed by atoms with van der Waals surface area (Å²) in [6.07, 6.45) is 1.77. The van der Waals surface area contributed by atoms with Gasteiger partial charge in [-0.3, -0.25) is 5.43 Å². The van der Waals surface area contributed by atoms with E-state index in [1.807, 2.05) is 60.7 Å². The van der Waals surface area contributed by atoms with Crippen molar-refractivity contribution in [2.45, 2.75) is 6.92 Å². The van der Waals surface area contributed by atoms with Crippen molar-refractivity contribution in [3.63, 3.8) is 0 Å². The average molecular weight is 304 g/mol. The van der Waals surface area contributed by atoms with Gasteiger partial charge in [0.2, 0.25) is 0 Å². The Morgan fingerprint density at radius 3 is 2.43 bits per heavy atom. The van der Waals surface area contributed by atoms with E-state index in [1.165, 1.54) is 6.07 Å². The summed E-state index contributed by atoms with van der Waals surface area (Å²) in [6, 6.07) is 22.9. The number of nitrogens with zero attached hydrogens (tertiary/aromatic N) is 1. The third-order valence-electron chi connectivity index (χ3n) is 3.56. The molecule has 1 N–H and O–H groups in total. The average Bonchev–Trinajstić information content (AvgIpc) is 2.59. The maximum absolute atomic E-state index is 13.4. The fourth-order valence-electron chi connectivity index (χ4n) is 2.32. The van der Waals surface area contributed by atoms with Crippen molar-refractivity contribution in [2.75, 3.05) is 5.43 Å². The Kier molecular flexibility index (Phi) is 4.48. The first-order valence-corrected chi connectivity index (χ1v) is 7.43. The molecule has 3 aromatic carbocycles. The Bertz CT molecular complexity index is 826. The fraction of sp³-hybridized carbons (Fsp3) is 0.0500. The monoisotopic (exact) mass is 304 g/mol. The predicted molar refractivity (Wildman–Crippen MR) is 94.2 cm³/mol. The zero-order valence-electron chi connectivity index (χ0n) is 12.8. The van der Waals surface area contributed by atoms with Gasteiger partial charge >= 0.3 is 0 Å². The SMILES string of the molecule is Cc1cc(-c2cccc(C=NNc3ccccc3)c2)ccc1F. The Hall–Kier alpha value is -2.94. The van der Waals surface area contributed by atoms with Gasteiger partial charge in [0.05, 0.1) is 11.9 Å². The molecule has 0 amide bonds. The summed E-state index contributed by atoms with van der Waals surface area (Å²) < 4.78 is 13.4. The second-order valence-electron chi connectivity index (χ2n) is 5.33. The minimum Gasteiger partial charge on any atom is -0.279 e. The number of nitrogens with one attached hydrogen (secondary N) is 1. The standard InChI is InChI=1S/C20H17FN2/c1-15-12-18(10-11-20(15)21)17-7-5-6-16(13-17)14-22-23-19-8-3-2-4-9-19/h2-14,23H,1H3. The Labute approximate surface area is 135 Å². The largest absolute Gasteiger partial charge is 0.279 e. The lowest BCUT2D eigenvalue weighted by atomic mass is 10.0. The molecule has 0 unspecified atom stereocenters. The number of benzene rings is 3. The number of anilines is 1. The van der Waals surface area contributed by atoms with Gasteiger partial charge in [0.1, 0.15) is 5.82 Å². The van der Waals surface area contributed by atoms with Gasteiger partial charge in [-0.2, -0.15) is 5.10 Å². The van der Waals surface area contributed by atoms with Crippen LogP contribution in [0.15, 0.2) is 77.9 Å². The molecule has 0 aromatic heterocycles. The van der Waals surface area contributed by atoms with E-state index in [-0.39, 0.29) is 5.82 Å². The highest BCUT2D eigenvalue weighted by molar-refractivity contribution is 5.83. The molecule has 0 fully saturated rings. The molecule has 114 valence electrons. The van der Waals surface area contributed by atoms with E-state index in [4.69, 9.17) is 0 Å². The van der Waals surface area contributed by atoms with E-state index in [0.29, 0.717) is 5.56 Å². The van der Waals surface area contributed by atoms with Gasteiger partial charge in [-0.25, -0.2) is 4.39 Å². The lowest BCUT2D eigenvalue weighted by Crippen LogP contribution is -1.91. The predicted octanol–water partition coefficient (Wildman–Crippen LogP) is 5.25. The first-order valence-electron chi connectivity index (χ1n) is 7.43. The summed E-state index contributed by atoms with van der Waals surface area (Å²) in [5.41, 5.74) is 7.59. The second-order valence-corrected chi connectivity index (χ2v) is 5.33. The minimum atomic E-state index is -0.182. The molecule has 3 rings (SSSR count). The molecule has 0 heterocycles. The first-order chi connectivity index (χ1) is 11.2. The number of hydrazone groups is 1. The summed E-state index contributed by atoms with van der Waals surface area (Å²) in [5, 5.41) is 4.24. The zero-order chi connectivity index (χ0) is 16.1. The van der Waals surface area contributed by atoms with Gasteiger partial charge < -0.3 is 0 Å². The van der Waals surface area contributed by atoms with Crippen LogP contribution in [0.5, 0.6) is 0 Å². The van der Waals surface area contributed by atoms with E-state index >= 15 is 0 Å². The first kappa shape index (κ1) is 15.0. The molecule has 0 aliphatic carbocycles. The smallest absolute Gasteiger partial charge is 0.126 e. The van der Waals surface area contributed by atoms with Gasteiger partial charge in [0, 0.05) is 0 Å². The van der Waals surface area contributed by atoms with Crippen LogP contribution in [-0.2, 0) is 0 Å². The quantitative estimate of drug-likeness (QED) is 0.517. The van der Waals surface area contributed by atoms with E-state index in [1.54, 1.807) is 19.2 Å². The van der Waals surface area contributed by atoms with Crippen LogP contribution >= 0.6 is 0 Å². The van der Waals surface area contributed by atoms with Crippen LogP contribution in [-0.4, -0.2) is 6.21 Å². The van der Waals surface area contributed by atoms with Crippen LogP contribution in [0.4, 0.5) is 10.1 Å². The molecule has 3 aromatic rings. The van der Waals surface area contributed by atoms with Crippen molar-refractivity contribution in [3.05, 3.63) is 89.7 Å². The fourth-order valence-corrected chi connectivity index (χ4v) is 2.32. The van der Waals surface area contributed by atoms with Crippen LogP contribution in [0.2, 0.25) is 0 Å². The Morgan fingerprint density at radius 1 is 0.870 bits per heavy atom. The summed E-state index contributed by atoms with van der Waals surface area (Å²) in [7, 11) is 0. The number of aryl methyl sites for hydroxylation is 1. The maximum Gasteiger partial charge on any atom is 0.126 e. The van der Waals surface area contributed by atoms with Crippen LogP contribution in [0, 0.1) is 12.7 Å². The molecule has 0 radical (unpaired) electrons. The number of rotatable bonds is 4. The number of hydrogen-bond donors (Lipinski definition) is 1. The zero-order valence-corrected chi connectivity index (χ0v) is 12.8. The topological polar surface area (TPSA) is 24.4 Å². The highest BCUT2D eigenvalue weighted by atomic mass is 19.1. The van der Waals surface area contributed by atoms with Crippen LogP contribution in [0.1, 0.15) is 11.1 Å². The van der Waals surface area contributed by atoms with E-state index in [0.717, 1.165) is 22.4 Å². The van der Waals surface area contributed by atoms with Crippen LogP contribution in [0.25, 0.3) is 11.1 Å². The molecule has 2 nitrogen and oxygen atoms in total. The van der Waals surface area contributed by atoms with Crippen LogP contribution < -0.4 is 5.43 Å². The van der Waals surface area contributed by atoms with Crippen molar-refractivity contribution in [2.24, 2.45) is 5.10 Å². The maximum atomic E-state index is 13.4. The van der Waals surface area contributed by atoms with Gasteiger partial charge in [0.15, 0.2) is 0 Å². The normalized spacial score (nSPS) is 10.9. The number of hydrogen-bond acceptors (Lipinski definition) is 2. The van der Waals surface area contributed by atoms with Crippen molar-refractivity contribution < 1.29 is 4.39 Å². The van der Waals surface area contributed by atoms with Gasteiger partial charge in [-0.1, -0.05) is 42.5 Å². The lowest BCUT2D eigenvalue weighted by Gasteiger charge is -2.05. The highest BCUT2D eigenvalue weighted by Crippen LogP contribution is 2.22. The van der Waals surface area contributed by atoms with E-state index in [2.05, 4.69) is 10.5 Å². The van der Waals surface area contributed by atoms with Gasteiger partial charge in [0.25, 0.3) is 0 Å². The summed E-state index contributed by atoms with van der Waals surface area (Å²) >= 11 is 0. The third kappa shape index (κ3) is 3.83. The van der Waals surface area contributed by atoms with Crippen molar-refractivity contribution >= 4 is 11.9 Å². The summed E-state index contributed by atoms with van der Waals surface area (Å²) in [4.78, 5) is 0. The molecule has 0 saturated heterocycles. The summed E-state index contributed by atoms with van der Waals surface area (Å²) in [6.45, 7) is 1.77. The minimum absolute atomic E-state index is 0.182. The molecule has 0 bridgehead atoms. The summed E-state index contributed by atoms with van der Waals surface area (Å²) in [5.74, 6) is -0.182. The van der Waals surface area contributed by atoms with E-state index < -0.39 is 0 Å². The highest BCUT2D eigenvalue weighted by Gasteiger charge is 2.02. The molecule has 23 heavy (non-hydrogen) atoms. The molecular weight excluding hydrogens is 287 g/mol. The molecule has 0 spiro atoms. The van der Waals surface area contributed by atoms with Crippen LogP contribution in [0.3, 0.4) is 0 Å². The molecule has 0 saturated carbocycles. The van der Waals surface area contributed by atoms with Crippen molar-refractivity contribution in [3.8, 4) is 11.1 Å². The molecule has 3 heteroatoms. The molecule has 0 aliphatic rings.